The highest BCUT2D eigenvalue weighted by atomic mass is 19.1. The first-order chi connectivity index (χ1) is 14.5. The van der Waals surface area contributed by atoms with Gasteiger partial charge in [-0.05, 0) is 63.1 Å². The molecule has 0 atom stereocenters. The SMILES string of the molecule is Cc1nn(C)c(C)c1CCCN1CCN(c2nccnc2-c2ccc(F)cc2)CC1. The summed E-state index contributed by atoms with van der Waals surface area (Å²) in [5.74, 6) is 0.639. The van der Waals surface area contributed by atoms with Crippen LogP contribution < -0.4 is 4.90 Å². The second-order valence-corrected chi connectivity index (χ2v) is 7.94. The van der Waals surface area contributed by atoms with E-state index in [-0.39, 0.29) is 5.82 Å². The molecule has 0 spiro atoms. The van der Waals surface area contributed by atoms with E-state index in [1.54, 1.807) is 24.5 Å². The number of aryl methyl sites for hydroxylation is 2. The zero-order valence-electron chi connectivity index (χ0n) is 18.0. The van der Waals surface area contributed by atoms with Crippen LogP contribution in [0.2, 0.25) is 0 Å². The van der Waals surface area contributed by atoms with Gasteiger partial charge in [0.15, 0.2) is 5.82 Å². The Morgan fingerprint density at radius 1 is 0.967 bits per heavy atom. The van der Waals surface area contributed by atoms with Crippen molar-refractivity contribution in [2.45, 2.75) is 26.7 Å². The second-order valence-electron chi connectivity index (χ2n) is 7.94. The molecule has 0 unspecified atom stereocenters. The lowest BCUT2D eigenvalue weighted by Gasteiger charge is -2.36. The summed E-state index contributed by atoms with van der Waals surface area (Å²) in [5.41, 5.74) is 5.52. The first-order valence-electron chi connectivity index (χ1n) is 10.6. The van der Waals surface area contributed by atoms with Crippen LogP contribution in [0, 0.1) is 19.7 Å². The van der Waals surface area contributed by atoms with Gasteiger partial charge in [0.05, 0.1) is 5.69 Å². The Labute approximate surface area is 177 Å². The zero-order valence-corrected chi connectivity index (χ0v) is 18.0. The van der Waals surface area contributed by atoms with E-state index in [0.29, 0.717) is 0 Å². The summed E-state index contributed by atoms with van der Waals surface area (Å²) in [6.07, 6.45) is 5.64. The fraction of sp³-hybridized carbons (Fsp3) is 0.435. The minimum Gasteiger partial charge on any atom is -0.352 e. The van der Waals surface area contributed by atoms with Crippen molar-refractivity contribution >= 4 is 5.82 Å². The van der Waals surface area contributed by atoms with Crippen LogP contribution in [-0.2, 0) is 13.5 Å². The van der Waals surface area contributed by atoms with Gasteiger partial charge in [-0.25, -0.2) is 9.37 Å². The van der Waals surface area contributed by atoms with E-state index in [9.17, 15) is 4.39 Å². The van der Waals surface area contributed by atoms with Gasteiger partial charge in [0, 0.05) is 56.9 Å². The highest BCUT2D eigenvalue weighted by Crippen LogP contribution is 2.27. The summed E-state index contributed by atoms with van der Waals surface area (Å²) in [6.45, 7) is 9.17. The Kier molecular flexibility index (Phi) is 6.08. The van der Waals surface area contributed by atoms with E-state index in [4.69, 9.17) is 0 Å². The van der Waals surface area contributed by atoms with Gasteiger partial charge in [0.25, 0.3) is 0 Å². The molecule has 0 aliphatic carbocycles. The molecule has 1 fully saturated rings. The van der Waals surface area contributed by atoms with Crippen LogP contribution in [0.1, 0.15) is 23.4 Å². The smallest absolute Gasteiger partial charge is 0.155 e. The number of piperazine rings is 1. The van der Waals surface area contributed by atoms with Gasteiger partial charge >= 0.3 is 0 Å². The molecule has 0 saturated carbocycles. The van der Waals surface area contributed by atoms with Crippen molar-refractivity contribution < 1.29 is 4.39 Å². The highest BCUT2D eigenvalue weighted by Gasteiger charge is 2.21. The molecule has 0 amide bonds. The van der Waals surface area contributed by atoms with Crippen LogP contribution >= 0.6 is 0 Å². The van der Waals surface area contributed by atoms with Crippen molar-refractivity contribution in [1.29, 1.82) is 0 Å². The lowest BCUT2D eigenvalue weighted by atomic mass is 10.1. The molecule has 2 aromatic heterocycles. The maximum absolute atomic E-state index is 13.3. The van der Waals surface area contributed by atoms with Crippen molar-refractivity contribution in [3.05, 3.63) is 59.4 Å². The summed E-state index contributed by atoms with van der Waals surface area (Å²) in [6, 6.07) is 6.47. The number of benzene rings is 1. The molecule has 0 radical (unpaired) electrons. The van der Waals surface area contributed by atoms with E-state index in [2.05, 4.69) is 38.7 Å². The highest BCUT2D eigenvalue weighted by molar-refractivity contribution is 5.72. The quantitative estimate of drug-likeness (QED) is 0.626. The lowest BCUT2D eigenvalue weighted by Crippen LogP contribution is -2.47. The molecule has 3 aromatic rings. The van der Waals surface area contributed by atoms with Gasteiger partial charge < -0.3 is 4.90 Å². The predicted octanol–water partition coefficient (Wildman–Crippen LogP) is 3.39. The maximum Gasteiger partial charge on any atom is 0.155 e. The number of hydrogen-bond acceptors (Lipinski definition) is 5. The molecule has 1 aromatic carbocycles. The first-order valence-corrected chi connectivity index (χ1v) is 10.6. The number of anilines is 1. The third-order valence-corrected chi connectivity index (χ3v) is 6.03. The zero-order chi connectivity index (χ0) is 21.1. The molecule has 0 bridgehead atoms. The molecule has 7 heteroatoms. The average molecular weight is 409 g/mol. The molecule has 1 saturated heterocycles. The summed E-state index contributed by atoms with van der Waals surface area (Å²) >= 11 is 0. The fourth-order valence-corrected chi connectivity index (χ4v) is 4.22. The molecule has 158 valence electrons. The molecule has 4 rings (SSSR count). The minimum atomic E-state index is -0.241. The van der Waals surface area contributed by atoms with E-state index < -0.39 is 0 Å². The second kappa shape index (κ2) is 8.92. The fourth-order valence-electron chi connectivity index (χ4n) is 4.22. The standard InChI is InChI=1S/C23H29FN6/c1-17-21(18(2)28(3)27-17)5-4-12-29-13-15-30(16-14-29)23-22(25-10-11-26-23)19-6-8-20(24)9-7-19/h6-11H,4-5,12-16H2,1-3H3. The molecule has 1 aliphatic heterocycles. The van der Waals surface area contributed by atoms with Crippen molar-refractivity contribution in [2.75, 3.05) is 37.6 Å². The average Bonchev–Trinajstić information content (AvgIpc) is 3.01. The van der Waals surface area contributed by atoms with Gasteiger partial charge in [-0.2, -0.15) is 5.10 Å². The van der Waals surface area contributed by atoms with E-state index in [0.717, 1.165) is 68.3 Å². The summed E-state index contributed by atoms with van der Waals surface area (Å²) in [4.78, 5) is 13.9. The summed E-state index contributed by atoms with van der Waals surface area (Å²) < 4.78 is 15.3. The van der Waals surface area contributed by atoms with Crippen LogP contribution in [0.25, 0.3) is 11.3 Å². The van der Waals surface area contributed by atoms with E-state index in [1.165, 1.54) is 23.4 Å². The van der Waals surface area contributed by atoms with Crippen LogP contribution in [-0.4, -0.2) is 57.4 Å². The topological polar surface area (TPSA) is 50.1 Å². The van der Waals surface area contributed by atoms with Crippen LogP contribution in [0.15, 0.2) is 36.7 Å². The van der Waals surface area contributed by atoms with Crippen LogP contribution in [0.4, 0.5) is 10.2 Å². The van der Waals surface area contributed by atoms with Crippen LogP contribution in [0.5, 0.6) is 0 Å². The van der Waals surface area contributed by atoms with Gasteiger partial charge in [-0.1, -0.05) is 0 Å². The molecule has 1 aliphatic rings. The van der Waals surface area contributed by atoms with E-state index >= 15 is 0 Å². The molecule has 30 heavy (non-hydrogen) atoms. The molecule has 6 nitrogen and oxygen atoms in total. The van der Waals surface area contributed by atoms with Crippen LogP contribution in [0.3, 0.4) is 0 Å². The van der Waals surface area contributed by atoms with Crippen molar-refractivity contribution in [3.8, 4) is 11.3 Å². The Balaban J connectivity index is 1.34. The number of nitrogens with zero attached hydrogens (tertiary/aromatic N) is 6. The van der Waals surface area contributed by atoms with Gasteiger partial charge in [0.2, 0.25) is 0 Å². The molecular weight excluding hydrogens is 379 g/mol. The third-order valence-electron chi connectivity index (χ3n) is 6.03. The monoisotopic (exact) mass is 408 g/mol. The number of aromatic nitrogens is 4. The largest absolute Gasteiger partial charge is 0.352 e. The molecule has 3 heterocycles. The maximum atomic E-state index is 13.3. The lowest BCUT2D eigenvalue weighted by molar-refractivity contribution is 0.254. The Morgan fingerprint density at radius 2 is 1.67 bits per heavy atom. The van der Waals surface area contributed by atoms with Crippen molar-refractivity contribution in [1.82, 2.24) is 24.6 Å². The van der Waals surface area contributed by atoms with Gasteiger partial charge in [-0.3, -0.25) is 14.6 Å². The van der Waals surface area contributed by atoms with Crippen molar-refractivity contribution in [3.63, 3.8) is 0 Å². The number of rotatable bonds is 6. The minimum absolute atomic E-state index is 0.241. The predicted molar refractivity (Wildman–Crippen MR) is 117 cm³/mol. The van der Waals surface area contributed by atoms with E-state index in [1.807, 2.05) is 11.7 Å². The number of halogens is 1. The first kappa shape index (κ1) is 20.5. The summed E-state index contributed by atoms with van der Waals surface area (Å²) in [7, 11) is 2.01. The molecular formula is C23H29FN6. The van der Waals surface area contributed by atoms with Crippen molar-refractivity contribution in [2.24, 2.45) is 7.05 Å². The molecule has 0 N–H and O–H groups in total. The number of hydrogen-bond donors (Lipinski definition) is 0. The normalized spacial score (nSPS) is 15.0. The Bertz CT molecular complexity index is 989. The summed E-state index contributed by atoms with van der Waals surface area (Å²) in [5, 5.41) is 4.52. The Hall–Kier alpha value is -2.80. The van der Waals surface area contributed by atoms with Gasteiger partial charge in [0.1, 0.15) is 11.5 Å². The Morgan fingerprint density at radius 3 is 2.33 bits per heavy atom. The van der Waals surface area contributed by atoms with Gasteiger partial charge in [-0.15, -0.1) is 0 Å². The third kappa shape index (κ3) is 4.36.